The molecule has 0 spiro atoms. The summed E-state index contributed by atoms with van der Waals surface area (Å²) in [6.07, 6.45) is 5.50. The maximum absolute atomic E-state index is 10.7. The molecule has 468 valence electrons. The normalized spacial score (nSPS) is 14.9. The minimum atomic E-state index is -0.888. The molecule has 0 atom stereocenters. The summed E-state index contributed by atoms with van der Waals surface area (Å²) in [6, 6.07) is 37.3. The number of nitrogens with zero attached hydrogens (tertiary/aromatic N) is 4. The summed E-state index contributed by atoms with van der Waals surface area (Å²) in [7, 11) is 0. The van der Waals surface area contributed by atoms with Gasteiger partial charge in [0, 0.05) is 44.3 Å². The van der Waals surface area contributed by atoms with Gasteiger partial charge >= 0.3 is 0 Å². The second-order valence-corrected chi connectivity index (χ2v) is 27.6. The van der Waals surface area contributed by atoms with Crippen molar-refractivity contribution in [2.75, 3.05) is 0 Å². The number of hydrogen-bond donors (Lipinski definition) is 0. The maximum atomic E-state index is 10.7. The van der Waals surface area contributed by atoms with Crippen molar-refractivity contribution in [3.05, 3.63) is 295 Å². The molecule has 0 aliphatic carbocycles. The first-order valence-corrected chi connectivity index (χ1v) is 31.0. The second-order valence-electron chi connectivity index (χ2n) is 27.6. The number of rotatable bonds is 11. The molecular weight excluding hydrogens is 1320 g/mol. The molecule has 0 saturated heterocycles. The van der Waals surface area contributed by atoms with Gasteiger partial charge in [-0.1, -0.05) is 252 Å². The Morgan fingerprint density at radius 1 is 0.415 bits per heavy atom. The minimum absolute atomic E-state index is 0. The van der Waals surface area contributed by atoms with E-state index in [2.05, 4.69) is 116 Å². The molecule has 0 aliphatic rings. The fourth-order valence-corrected chi connectivity index (χ4v) is 11.8. The van der Waals surface area contributed by atoms with E-state index in [0.29, 0.717) is 39.4 Å². The molecule has 3 heterocycles. The average Bonchev–Trinajstić information content (AvgIpc) is 1.04. The van der Waals surface area contributed by atoms with E-state index in [-0.39, 0.29) is 71.0 Å². The number of imidazole rings is 1. The van der Waals surface area contributed by atoms with Crippen molar-refractivity contribution in [2.24, 2.45) is 0 Å². The zero-order valence-corrected chi connectivity index (χ0v) is 56.6. The van der Waals surface area contributed by atoms with Crippen molar-refractivity contribution in [2.45, 2.75) is 105 Å². The Labute approximate surface area is 594 Å². The van der Waals surface area contributed by atoms with E-state index in [1.54, 1.807) is 27.3 Å². The Kier molecular flexibility index (Phi) is 11.8. The quantitative estimate of drug-likeness (QED) is 0.0956. The van der Waals surface area contributed by atoms with Crippen LogP contribution < -0.4 is 9.30 Å². The third-order valence-corrected chi connectivity index (χ3v) is 16.9. The van der Waals surface area contributed by atoms with Crippen LogP contribution in [0.1, 0.15) is 130 Å². The van der Waals surface area contributed by atoms with Crippen LogP contribution in [0.25, 0.3) is 117 Å². The fraction of sp³-hybridized carbons (Fsp3) is 0.182. The molecule has 6 heteroatoms. The molecule has 94 heavy (non-hydrogen) atoms. The van der Waals surface area contributed by atoms with Crippen LogP contribution in [0.4, 0.5) is 0 Å². The van der Waals surface area contributed by atoms with Crippen LogP contribution in [0.2, 0.25) is 0 Å². The maximum Gasteiger partial charge on any atom is 0.268 e. The molecule has 0 bridgehead atoms. The number of fused-ring (bicyclic) bond motifs is 4. The van der Waals surface area contributed by atoms with Crippen molar-refractivity contribution < 1.29 is 55.0 Å². The van der Waals surface area contributed by atoms with Gasteiger partial charge in [-0.25, -0.2) is 4.98 Å². The summed E-state index contributed by atoms with van der Waals surface area (Å²) in [4.78, 5) is 4.89. The summed E-state index contributed by atoms with van der Waals surface area (Å²) in [5.74, 6) is 1.32. The SMILES string of the molecule is [2H]c1c([2H])c([2H])c(-c2cc(-c3cccc(C(C)(C)C)c3)c(-[n+]3[c-]n(-c4[c-]c(Oc5[c-]c6c(cc5)c5ccccc5n6-c5cc(C(C)(C)C)ccn5)ccc4)c4cc(-c5cc(C(C)(C)C)cc(C(C)(C)C)c5)ccc43)c(-c3c([2H])c(-c4c([2H])c([2H])c([2H])c([2H])c4[2H])c([2H])c(-c4c([2H])c([2H])c([2H])c([2H])c4[2H])c3[2H])c2)c([2H])c1[2H].[Pt]. The molecule has 0 radical (unpaired) electrons. The zero-order valence-electron chi connectivity index (χ0n) is 72.4. The van der Waals surface area contributed by atoms with Gasteiger partial charge in [-0.3, -0.25) is 4.57 Å². The molecule has 0 aliphatic heterocycles. The van der Waals surface area contributed by atoms with Crippen molar-refractivity contribution in [3.8, 4) is 95.5 Å². The monoisotopic (exact) mass is 1420 g/mol. The summed E-state index contributed by atoms with van der Waals surface area (Å²) < 4.78 is 181. The predicted molar refractivity (Wildman–Crippen MR) is 387 cm³/mol. The van der Waals surface area contributed by atoms with Crippen molar-refractivity contribution >= 4 is 32.8 Å². The first-order valence-electron chi connectivity index (χ1n) is 40.0. The zero-order chi connectivity index (χ0) is 80.2. The van der Waals surface area contributed by atoms with Crippen LogP contribution in [0.3, 0.4) is 0 Å². The molecule has 0 amide bonds. The van der Waals surface area contributed by atoms with Gasteiger partial charge in [-0.15, -0.1) is 29.7 Å². The molecule has 11 aromatic carbocycles. The molecule has 0 fully saturated rings. The molecule has 0 unspecified atom stereocenters. The van der Waals surface area contributed by atoms with E-state index in [1.807, 2.05) is 112 Å². The molecule has 14 rings (SSSR count). The summed E-state index contributed by atoms with van der Waals surface area (Å²) in [5, 5.41) is 1.91. The van der Waals surface area contributed by atoms with Gasteiger partial charge in [0.15, 0.2) is 0 Å². The van der Waals surface area contributed by atoms with Gasteiger partial charge < -0.3 is 13.9 Å². The van der Waals surface area contributed by atoms with E-state index in [9.17, 15) is 12.3 Å². The number of pyridine rings is 1. The molecule has 0 N–H and O–H groups in total. The van der Waals surface area contributed by atoms with Crippen molar-refractivity contribution in [3.63, 3.8) is 0 Å². The van der Waals surface area contributed by atoms with Crippen LogP contribution in [0.5, 0.6) is 11.5 Å². The van der Waals surface area contributed by atoms with E-state index in [1.165, 1.54) is 6.07 Å². The Morgan fingerprint density at radius 2 is 0.957 bits per heavy atom. The first kappa shape index (κ1) is 44.8. The molecule has 14 aromatic rings. The Bertz CT molecular complexity index is 6080. The number of aromatic nitrogens is 4. The van der Waals surface area contributed by atoms with Crippen molar-refractivity contribution in [1.29, 1.82) is 0 Å². The Balaban J connectivity index is 0.0000110. The van der Waals surface area contributed by atoms with Gasteiger partial charge in [-0.05, 0) is 176 Å². The van der Waals surface area contributed by atoms with Crippen LogP contribution in [0.15, 0.2) is 254 Å². The standard InChI is InChI=1S/C88H78N4O.Pt/c1-85(2,3)68-33-24-32-62(47-68)77-50-66(60-30-20-15-21-31-60)51-78(67-45-63(58-26-16-13-17-27-58)44-64(46-67)59-28-18-14-19-29-59)84(77)91-57-90(82-52-61(38-41-80(82)91)65-48-70(87(7,8)9)53-71(49-65)88(10,11)12)72-34-25-35-73(55-72)93-74-39-40-76-75-36-22-23-37-79(75)92(81(76)56-74)83-54-69(42-43-89-83)86(4,5)6;/h13-54H,1-12H3;/q-2;/i13D,14D,15D,16D,17D,18D,19D,20D,21D,26D,27D,28D,29D,30D,31D,44D,45D,46D;. The Morgan fingerprint density at radius 3 is 1.59 bits per heavy atom. The van der Waals surface area contributed by atoms with Gasteiger partial charge in [0.2, 0.25) is 0 Å². The molecule has 3 aromatic heterocycles. The number of para-hydroxylation sites is 1. The van der Waals surface area contributed by atoms with Crippen LogP contribution >= 0.6 is 0 Å². The summed E-state index contributed by atoms with van der Waals surface area (Å²) in [6.45, 7) is 25.5. The van der Waals surface area contributed by atoms with Crippen LogP contribution in [-0.4, -0.2) is 14.1 Å². The summed E-state index contributed by atoms with van der Waals surface area (Å²) in [5.41, 5.74) is 4.39. The van der Waals surface area contributed by atoms with Gasteiger partial charge in [0.25, 0.3) is 6.33 Å². The van der Waals surface area contributed by atoms with Gasteiger partial charge in [-0.2, -0.15) is 18.2 Å². The molecule has 0 saturated carbocycles. The molecular formula is C88H78N4OPt-2. The van der Waals surface area contributed by atoms with Crippen LogP contribution in [-0.2, 0) is 42.7 Å². The summed E-state index contributed by atoms with van der Waals surface area (Å²) >= 11 is 0. The first-order chi connectivity index (χ1) is 52.1. The van der Waals surface area contributed by atoms with Gasteiger partial charge in [0.05, 0.1) is 41.4 Å². The number of hydrogen-bond acceptors (Lipinski definition) is 2. The van der Waals surface area contributed by atoms with E-state index in [4.69, 9.17) is 22.1 Å². The van der Waals surface area contributed by atoms with E-state index in [0.717, 1.165) is 49.7 Å². The smallest absolute Gasteiger partial charge is 0.268 e. The molecule has 5 nitrogen and oxygen atoms in total. The van der Waals surface area contributed by atoms with Crippen LogP contribution in [0, 0.1) is 18.5 Å². The predicted octanol–water partition coefficient (Wildman–Crippen LogP) is 22.8. The average molecular weight is 1420 g/mol. The minimum Gasteiger partial charge on any atom is -0.510 e. The second kappa shape index (κ2) is 24.7. The third kappa shape index (κ3) is 12.4. The van der Waals surface area contributed by atoms with E-state index >= 15 is 0 Å². The van der Waals surface area contributed by atoms with E-state index < -0.39 is 142 Å². The number of ether oxygens (including phenoxy) is 1. The topological polar surface area (TPSA) is 35.9 Å². The third-order valence-electron chi connectivity index (χ3n) is 16.9. The van der Waals surface area contributed by atoms with Gasteiger partial charge in [0.1, 0.15) is 5.82 Å². The largest absolute Gasteiger partial charge is 0.510 e. The number of benzene rings is 11. The fourth-order valence-electron chi connectivity index (χ4n) is 11.8. The Hall–Kier alpha value is -9.67. The van der Waals surface area contributed by atoms with Crippen molar-refractivity contribution in [1.82, 2.24) is 14.1 Å².